The fraction of sp³-hybridized carbons (Fsp3) is 0.643. The molecule has 1 aliphatic carbocycles. The van der Waals surface area contributed by atoms with Crippen LogP contribution in [0, 0.1) is 11.8 Å². The van der Waals surface area contributed by atoms with Gasteiger partial charge < -0.3 is 24.8 Å². The number of ether oxygens (including phenoxy) is 2. The van der Waals surface area contributed by atoms with Crippen LogP contribution in [0.1, 0.15) is 45.1 Å². The largest absolute Gasteiger partial charge is 0.480 e. The molecule has 2 fully saturated rings. The third-order valence-corrected chi connectivity index (χ3v) is 8.41. The molecule has 9 heteroatoms. The van der Waals surface area contributed by atoms with E-state index in [2.05, 4.69) is 30.1 Å². The van der Waals surface area contributed by atoms with Crippen LogP contribution in [0.15, 0.2) is 35.9 Å². The molecule has 1 aromatic carbocycles. The standard InChI is InChI=1S/C28H38Cl2N2O5/c1-18-4-3-11-28(2)25(37-28)24-21(10-5-18)22(27(35)36-24)17-31-23(26(33)34)16-19-6-8-20(9-7-19)32(14-12-29)15-13-30/h4,6-9,21-25,31H,3,5,10-17H2,1-2H3,(H,33,34)/b18-4+/t21-,22-,23?,24-,25-,28+/m0/s1. The van der Waals surface area contributed by atoms with Gasteiger partial charge in [0.05, 0.1) is 11.5 Å². The van der Waals surface area contributed by atoms with Crippen molar-refractivity contribution in [3.63, 3.8) is 0 Å². The van der Waals surface area contributed by atoms with Crippen molar-refractivity contribution < 1.29 is 24.2 Å². The zero-order valence-corrected chi connectivity index (χ0v) is 23.1. The predicted octanol–water partition coefficient (Wildman–Crippen LogP) is 4.39. The first kappa shape index (κ1) is 28.2. The molecule has 0 spiro atoms. The van der Waals surface area contributed by atoms with Gasteiger partial charge in [-0.1, -0.05) is 23.8 Å². The molecule has 2 aliphatic heterocycles. The number of fused-ring (bicyclic) bond motifs is 3. The lowest BCUT2D eigenvalue weighted by Gasteiger charge is -2.24. The van der Waals surface area contributed by atoms with Crippen LogP contribution in [0.25, 0.3) is 0 Å². The second kappa shape index (κ2) is 12.4. The maximum Gasteiger partial charge on any atom is 0.321 e. The SMILES string of the molecule is C/C1=C\CC[C@@]2(C)O[C@H]2[C@H]2OC(=O)[C@@H](CNC(Cc3ccc(N(CCCl)CCCl)cc3)C(=O)O)[C@@H]2CC1. The van der Waals surface area contributed by atoms with Gasteiger partial charge in [0.1, 0.15) is 18.2 Å². The summed E-state index contributed by atoms with van der Waals surface area (Å²) in [5.41, 5.74) is 2.96. The van der Waals surface area contributed by atoms with Gasteiger partial charge in [0.2, 0.25) is 0 Å². The van der Waals surface area contributed by atoms with E-state index in [9.17, 15) is 14.7 Å². The molecule has 0 radical (unpaired) electrons. The summed E-state index contributed by atoms with van der Waals surface area (Å²) in [5.74, 6) is -0.603. The Balaban J connectivity index is 1.41. The van der Waals surface area contributed by atoms with Crippen molar-refractivity contribution >= 4 is 40.8 Å². The number of carbonyl (C=O) groups excluding carboxylic acids is 1. The maximum absolute atomic E-state index is 12.9. The van der Waals surface area contributed by atoms with Crippen LogP contribution >= 0.6 is 23.2 Å². The van der Waals surface area contributed by atoms with Crippen LogP contribution < -0.4 is 10.2 Å². The Hall–Kier alpha value is -1.80. The summed E-state index contributed by atoms with van der Waals surface area (Å²) in [6, 6.07) is 6.99. The van der Waals surface area contributed by atoms with Gasteiger partial charge in [0.25, 0.3) is 0 Å². The van der Waals surface area contributed by atoms with E-state index in [-0.39, 0.29) is 36.2 Å². The topological polar surface area (TPSA) is 91.4 Å². The summed E-state index contributed by atoms with van der Waals surface area (Å²) in [6.45, 7) is 5.86. The summed E-state index contributed by atoms with van der Waals surface area (Å²) in [4.78, 5) is 27.1. The number of nitrogens with zero attached hydrogens (tertiary/aromatic N) is 1. The van der Waals surface area contributed by atoms with Crippen LogP contribution in [0.2, 0.25) is 0 Å². The molecular weight excluding hydrogens is 515 g/mol. The van der Waals surface area contributed by atoms with Gasteiger partial charge >= 0.3 is 11.9 Å². The van der Waals surface area contributed by atoms with Crippen LogP contribution in [-0.4, -0.2) is 72.3 Å². The van der Waals surface area contributed by atoms with E-state index in [0.717, 1.165) is 36.9 Å². The van der Waals surface area contributed by atoms with E-state index in [0.29, 0.717) is 31.3 Å². The van der Waals surface area contributed by atoms with Gasteiger partial charge in [-0.2, -0.15) is 0 Å². The number of anilines is 1. The maximum atomic E-state index is 12.9. The Labute approximate surface area is 229 Å². The number of rotatable bonds is 11. The number of esters is 1. The van der Waals surface area contributed by atoms with Crippen LogP contribution in [0.3, 0.4) is 0 Å². The van der Waals surface area contributed by atoms with Crippen LogP contribution in [-0.2, 0) is 25.5 Å². The first-order chi connectivity index (χ1) is 17.8. The molecule has 0 bridgehead atoms. The van der Waals surface area contributed by atoms with Crippen molar-refractivity contribution in [2.45, 2.75) is 69.8 Å². The Morgan fingerprint density at radius 2 is 1.95 bits per heavy atom. The Kier molecular flexibility index (Phi) is 9.43. The van der Waals surface area contributed by atoms with Crippen molar-refractivity contribution in [2.24, 2.45) is 11.8 Å². The third kappa shape index (κ3) is 6.80. The van der Waals surface area contributed by atoms with E-state index in [4.69, 9.17) is 32.7 Å². The number of hydrogen-bond donors (Lipinski definition) is 2. The Morgan fingerprint density at radius 3 is 2.59 bits per heavy atom. The second-order valence-corrected chi connectivity index (χ2v) is 11.4. The van der Waals surface area contributed by atoms with Gasteiger partial charge in [-0.05, 0) is 63.6 Å². The summed E-state index contributed by atoms with van der Waals surface area (Å²) >= 11 is 11.8. The van der Waals surface area contributed by atoms with Crippen molar-refractivity contribution in [3.8, 4) is 0 Å². The van der Waals surface area contributed by atoms with Crippen LogP contribution in [0.4, 0.5) is 5.69 Å². The number of aliphatic carboxylic acids is 1. The molecular formula is C28H38Cl2N2O5. The smallest absolute Gasteiger partial charge is 0.321 e. The third-order valence-electron chi connectivity index (χ3n) is 8.07. The molecule has 0 aromatic heterocycles. The highest BCUT2D eigenvalue weighted by atomic mass is 35.5. The Morgan fingerprint density at radius 1 is 1.24 bits per heavy atom. The minimum absolute atomic E-state index is 0.00291. The minimum Gasteiger partial charge on any atom is -0.480 e. The summed E-state index contributed by atoms with van der Waals surface area (Å²) < 4.78 is 11.9. The highest BCUT2D eigenvalue weighted by Crippen LogP contribution is 2.50. The zero-order chi connectivity index (χ0) is 26.6. The normalized spacial score (nSPS) is 31.4. The average Bonchev–Trinajstić information content (AvgIpc) is 3.43. The van der Waals surface area contributed by atoms with Gasteiger partial charge in [0, 0.05) is 43.0 Å². The highest BCUT2D eigenvalue weighted by molar-refractivity contribution is 6.18. The summed E-state index contributed by atoms with van der Waals surface area (Å²) in [5, 5.41) is 13.1. The number of carbonyl (C=O) groups is 2. The average molecular weight is 554 g/mol. The number of epoxide rings is 1. The van der Waals surface area contributed by atoms with Gasteiger partial charge in [-0.3, -0.25) is 9.59 Å². The van der Waals surface area contributed by atoms with E-state index in [1.165, 1.54) is 5.57 Å². The lowest BCUT2D eigenvalue weighted by molar-refractivity contribution is -0.145. The molecule has 6 atom stereocenters. The Bertz CT molecular complexity index is 981. The molecule has 204 valence electrons. The first-order valence-electron chi connectivity index (χ1n) is 13.2. The first-order valence-corrected chi connectivity index (χ1v) is 14.3. The highest BCUT2D eigenvalue weighted by Gasteiger charge is 2.62. The molecule has 1 unspecified atom stereocenters. The number of carboxylic acid groups (broad SMARTS) is 1. The lowest BCUT2D eigenvalue weighted by atomic mass is 9.80. The van der Waals surface area contributed by atoms with Crippen LogP contribution in [0.5, 0.6) is 0 Å². The van der Waals surface area contributed by atoms with E-state index in [1.807, 2.05) is 24.3 Å². The number of carboxylic acids is 1. The molecule has 37 heavy (non-hydrogen) atoms. The van der Waals surface area contributed by atoms with E-state index < -0.39 is 17.9 Å². The number of alkyl halides is 2. The van der Waals surface area contributed by atoms with Crippen molar-refractivity contribution in [3.05, 3.63) is 41.5 Å². The molecule has 2 N–H and O–H groups in total. The summed E-state index contributed by atoms with van der Waals surface area (Å²) in [7, 11) is 0. The molecule has 1 aromatic rings. The quantitative estimate of drug-likeness (QED) is 0.182. The molecule has 3 aliphatic rings. The van der Waals surface area contributed by atoms with Gasteiger partial charge in [0.15, 0.2) is 0 Å². The number of allylic oxidation sites excluding steroid dienone is 2. The fourth-order valence-electron chi connectivity index (χ4n) is 5.74. The van der Waals surface area contributed by atoms with Gasteiger partial charge in [-0.15, -0.1) is 23.2 Å². The predicted molar refractivity (Wildman–Crippen MR) is 146 cm³/mol. The van der Waals surface area contributed by atoms with Crippen molar-refractivity contribution in [2.75, 3.05) is 36.3 Å². The van der Waals surface area contributed by atoms with Crippen molar-refractivity contribution in [1.82, 2.24) is 5.32 Å². The number of hydrogen-bond acceptors (Lipinski definition) is 6. The summed E-state index contributed by atoms with van der Waals surface area (Å²) in [6.07, 6.45) is 5.83. The molecule has 2 heterocycles. The second-order valence-electron chi connectivity index (χ2n) is 10.7. The molecule has 2 saturated heterocycles. The number of nitrogens with one attached hydrogen (secondary N) is 1. The number of halogens is 2. The molecule has 4 rings (SSSR count). The fourth-order valence-corrected chi connectivity index (χ4v) is 6.15. The lowest BCUT2D eigenvalue weighted by Crippen LogP contribution is -2.43. The molecule has 0 saturated carbocycles. The molecule has 0 amide bonds. The minimum atomic E-state index is -0.944. The van der Waals surface area contributed by atoms with E-state index >= 15 is 0 Å². The van der Waals surface area contributed by atoms with E-state index in [1.54, 1.807) is 0 Å². The zero-order valence-electron chi connectivity index (χ0n) is 21.6. The monoisotopic (exact) mass is 552 g/mol. The van der Waals surface area contributed by atoms with Gasteiger partial charge in [-0.25, -0.2) is 0 Å². The van der Waals surface area contributed by atoms with Crippen molar-refractivity contribution in [1.29, 1.82) is 0 Å². The number of benzene rings is 1. The molecule has 7 nitrogen and oxygen atoms in total.